The predicted molar refractivity (Wildman–Crippen MR) is 154 cm³/mol. The van der Waals surface area contributed by atoms with Gasteiger partial charge < -0.3 is 20.2 Å². The zero-order chi connectivity index (χ0) is 30.7. The van der Waals surface area contributed by atoms with Gasteiger partial charge in [0.25, 0.3) is 0 Å². The minimum Gasteiger partial charge on any atom is -0.508 e. The molecule has 0 spiro atoms. The van der Waals surface area contributed by atoms with Gasteiger partial charge in [0.1, 0.15) is 29.6 Å². The van der Waals surface area contributed by atoms with Gasteiger partial charge in [0.05, 0.1) is 19.1 Å². The summed E-state index contributed by atoms with van der Waals surface area (Å²) in [4.78, 5) is 44.5. The number of hydrogen-bond acceptors (Lipinski definition) is 5. The average Bonchev–Trinajstić information content (AvgIpc) is 2.99. The van der Waals surface area contributed by atoms with E-state index >= 15 is 0 Å². The van der Waals surface area contributed by atoms with Crippen molar-refractivity contribution in [3.63, 3.8) is 0 Å². The maximum atomic E-state index is 14.8. The molecule has 3 aromatic rings. The lowest BCUT2D eigenvalue weighted by Crippen LogP contribution is -2.79. The quantitative estimate of drug-likeness (QED) is 0.414. The van der Waals surface area contributed by atoms with Gasteiger partial charge in [-0.1, -0.05) is 54.5 Å². The van der Waals surface area contributed by atoms with Crippen molar-refractivity contribution in [3.05, 3.63) is 101 Å². The number of urea groups is 1. The van der Waals surface area contributed by atoms with E-state index in [0.29, 0.717) is 5.56 Å². The molecule has 4 amide bonds. The normalized spacial score (nSPS) is 20.5. The van der Waals surface area contributed by atoms with E-state index in [1.165, 1.54) is 38.0 Å². The topological polar surface area (TPSA) is 96.4 Å². The third-order valence-electron chi connectivity index (χ3n) is 7.76. The Morgan fingerprint density at radius 2 is 1.77 bits per heavy atom. The third kappa shape index (κ3) is 6.15. The SMILES string of the molecule is C#CCN1CC(=O)N2[C@@H](Cc3ccc(O)cc3)C(=O)N(Cc3ccc(F)cc3F)C(C)[C@@H]2N1C(=O)NCc1ccccc1. The van der Waals surface area contributed by atoms with Crippen LogP contribution in [0.2, 0.25) is 0 Å². The van der Waals surface area contributed by atoms with Crippen molar-refractivity contribution in [3.8, 4) is 18.1 Å². The zero-order valence-corrected chi connectivity index (χ0v) is 23.5. The zero-order valence-electron chi connectivity index (χ0n) is 23.5. The fraction of sp³-hybridized carbons (Fsp3) is 0.281. The molecule has 2 heterocycles. The molecule has 2 N–H and O–H groups in total. The van der Waals surface area contributed by atoms with Crippen molar-refractivity contribution >= 4 is 17.8 Å². The summed E-state index contributed by atoms with van der Waals surface area (Å²) in [6, 6.07) is 16.3. The van der Waals surface area contributed by atoms with E-state index in [1.54, 1.807) is 19.1 Å². The Morgan fingerprint density at radius 1 is 1.05 bits per heavy atom. The molecule has 3 aromatic carbocycles. The Morgan fingerprint density at radius 3 is 2.44 bits per heavy atom. The van der Waals surface area contributed by atoms with Crippen LogP contribution in [0.5, 0.6) is 5.75 Å². The van der Waals surface area contributed by atoms with Crippen LogP contribution in [0.15, 0.2) is 72.8 Å². The van der Waals surface area contributed by atoms with Gasteiger partial charge >= 0.3 is 6.03 Å². The van der Waals surface area contributed by atoms with E-state index in [2.05, 4.69) is 11.2 Å². The van der Waals surface area contributed by atoms with Gasteiger partial charge in [-0.15, -0.1) is 6.42 Å². The van der Waals surface area contributed by atoms with E-state index in [-0.39, 0.29) is 43.9 Å². The van der Waals surface area contributed by atoms with Gasteiger partial charge in [-0.2, -0.15) is 5.01 Å². The van der Waals surface area contributed by atoms with Gasteiger partial charge in [-0.3, -0.25) is 9.59 Å². The number of carbonyl (C=O) groups excluding carboxylic acids is 3. The van der Waals surface area contributed by atoms with Crippen molar-refractivity contribution in [2.45, 2.75) is 44.7 Å². The van der Waals surface area contributed by atoms with Crippen LogP contribution >= 0.6 is 0 Å². The van der Waals surface area contributed by atoms with Crippen LogP contribution < -0.4 is 5.32 Å². The lowest BCUT2D eigenvalue weighted by molar-refractivity contribution is -0.198. The molecule has 0 radical (unpaired) electrons. The number of rotatable bonds is 7. The second-order valence-corrected chi connectivity index (χ2v) is 10.6. The standard InChI is InChI=1S/C32H31F2N5O4/c1-3-15-36-20-29(41)38-28(16-22-9-13-26(40)14-10-22)31(42)37(19-24-11-12-25(33)17-27(24)34)21(2)30(38)39(36)32(43)35-18-23-7-5-4-6-8-23/h1,4-14,17,21,28,30,40H,15-16,18-20H2,2H3,(H,35,43)/t21?,28-,30-/m0/s1. The number of phenolic OH excluding ortho intramolecular Hbond substituents is 1. The van der Waals surface area contributed by atoms with Crippen LogP contribution in [0.3, 0.4) is 0 Å². The summed E-state index contributed by atoms with van der Waals surface area (Å²) in [6.45, 7) is 1.38. The molecule has 43 heavy (non-hydrogen) atoms. The molecule has 0 aliphatic carbocycles. The number of hydrogen-bond donors (Lipinski definition) is 2. The number of piperazine rings is 1. The number of benzene rings is 3. The number of carbonyl (C=O) groups is 3. The van der Waals surface area contributed by atoms with E-state index in [9.17, 15) is 28.3 Å². The first-order chi connectivity index (χ1) is 20.7. The molecule has 0 aromatic heterocycles. The second-order valence-electron chi connectivity index (χ2n) is 10.6. The van der Waals surface area contributed by atoms with Crippen LogP contribution in [0.1, 0.15) is 23.6 Å². The first kappa shape index (κ1) is 29.5. The highest BCUT2D eigenvalue weighted by molar-refractivity contribution is 5.92. The van der Waals surface area contributed by atoms with Gasteiger partial charge in [-0.05, 0) is 36.2 Å². The molecule has 3 atom stereocenters. The molecule has 0 saturated carbocycles. The first-order valence-corrected chi connectivity index (χ1v) is 13.8. The number of phenols is 1. The van der Waals surface area contributed by atoms with Crippen molar-refractivity contribution in [2.24, 2.45) is 0 Å². The third-order valence-corrected chi connectivity index (χ3v) is 7.76. The highest BCUT2D eigenvalue weighted by Crippen LogP contribution is 2.33. The van der Waals surface area contributed by atoms with E-state index < -0.39 is 47.7 Å². The van der Waals surface area contributed by atoms with Gasteiger partial charge in [0.2, 0.25) is 11.8 Å². The number of nitrogens with zero attached hydrogens (tertiary/aromatic N) is 4. The van der Waals surface area contributed by atoms with Crippen molar-refractivity contribution < 1.29 is 28.3 Å². The molecular weight excluding hydrogens is 556 g/mol. The molecule has 2 aliphatic heterocycles. The molecule has 222 valence electrons. The first-order valence-electron chi connectivity index (χ1n) is 13.8. The molecule has 5 rings (SSSR count). The van der Waals surface area contributed by atoms with Crippen LogP contribution in [-0.2, 0) is 29.1 Å². The largest absolute Gasteiger partial charge is 0.508 e. The maximum Gasteiger partial charge on any atom is 0.334 e. The summed E-state index contributed by atoms with van der Waals surface area (Å²) in [5.74, 6) is 0.121. The number of amides is 4. The minimum atomic E-state index is -1.06. The smallest absolute Gasteiger partial charge is 0.334 e. The fourth-order valence-electron chi connectivity index (χ4n) is 5.65. The molecule has 1 unspecified atom stereocenters. The summed E-state index contributed by atoms with van der Waals surface area (Å²) in [6.07, 6.45) is 4.71. The number of terminal acetylenes is 1. The van der Waals surface area contributed by atoms with Crippen LogP contribution in [0.4, 0.5) is 13.6 Å². The Balaban J connectivity index is 1.55. The highest BCUT2D eigenvalue weighted by Gasteiger charge is 2.54. The molecule has 2 aliphatic rings. The summed E-state index contributed by atoms with van der Waals surface area (Å²) < 4.78 is 28.5. The van der Waals surface area contributed by atoms with E-state index in [0.717, 1.165) is 17.7 Å². The summed E-state index contributed by atoms with van der Waals surface area (Å²) >= 11 is 0. The van der Waals surface area contributed by atoms with Crippen LogP contribution in [-0.4, -0.2) is 74.1 Å². The molecule has 2 fully saturated rings. The van der Waals surface area contributed by atoms with Gasteiger partial charge in [-0.25, -0.2) is 18.6 Å². The maximum absolute atomic E-state index is 14.8. The minimum absolute atomic E-state index is 0.0406. The van der Waals surface area contributed by atoms with Crippen molar-refractivity contribution in [2.75, 3.05) is 13.1 Å². The van der Waals surface area contributed by atoms with Crippen LogP contribution in [0.25, 0.3) is 0 Å². The van der Waals surface area contributed by atoms with Gasteiger partial charge in [0.15, 0.2) is 0 Å². The number of nitrogens with one attached hydrogen (secondary N) is 1. The molecule has 0 bridgehead atoms. The monoisotopic (exact) mass is 587 g/mol. The number of fused-ring (bicyclic) bond motifs is 1. The second kappa shape index (κ2) is 12.5. The highest BCUT2D eigenvalue weighted by atomic mass is 19.1. The molecular formula is C32H31F2N5O4. The fourth-order valence-corrected chi connectivity index (χ4v) is 5.65. The Bertz CT molecular complexity index is 1550. The summed E-state index contributed by atoms with van der Waals surface area (Å²) in [7, 11) is 0. The van der Waals surface area contributed by atoms with Crippen molar-refractivity contribution in [1.82, 2.24) is 25.1 Å². The van der Waals surface area contributed by atoms with Crippen LogP contribution in [0, 0.1) is 24.0 Å². The lowest BCUT2D eigenvalue weighted by Gasteiger charge is -2.57. The van der Waals surface area contributed by atoms with E-state index in [4.69, 9.17) is 6.42 Å². The van der Waals surface area contributed by atoms with E-state index in [1.807, 2.05) is 30.3 Å². The number of aromatic hydroxyl groups is 1. The lowest BCUT2D eigenvalue weighted by atomic mass is 9.94. The molecule has 2 saturated heterocycles. The molecule has 11 heteroatoms. The number of halogens is 2. The Labute approximate surface area is 248 Å². The summed E-state index contributed by atoms with van der Waals surface area (Å²) in [5, 5.41) is 15.5. The Kier molecular flexibility index (Phi) is 8.59. The number of hydrazine groups is 1. The summed E-state index contributed by atoms with van der Waals surface area (Å²) in [5.41, 5.74) is 1.60. The Hall–Kier alpha value is -4.95. The average molecular weight is 588 g/mol. The molecule has 9 nitrogen and oxygen atoms in total. The predicted octanol–water partition coefficient (Wildman–Crippen LogP) is 3.24. The van der Waals surface area contributed by atoms with Gasteiger partial charge in [0, 0.05) is 31.1 Å². The van der Waals surface area contributed by atoms with Crippen molar-refractivity contribution in [1.29, 1.82) is 0 Å².